The normalized spacial score (nSPS) is 21.0. The minimum atomic E-state index is -0.0941. The van der Waals surface area contributed by atoms with Crippen LogP contribution in [0.2, 0.25) is 0 Å². The van der Waals surface area contributed by atoms with Gasteiger partial charge in [-0.25, -0.2) is 0 Å². The van der Waals surface area contributed by atoms with Crippen LogP contribution in [-0.4, -0.2) is 35.2 Å². The zero-order valence-corrected chi connectivity index (χ0v) is 12.0. The molecule has 0 spiro atoms. The summed E-state index contributed by atoms with van der Waals surface area (Å²) in [5.74, 6) is 0.572. The number of aliphatic hydroxyl groups is 1. The molecule has 0 heterocycles. The summed E-state index contributed by atoms with van der Waals surface area (Å²) in [4.78, 5) is 2.49. The third-order valence-electron chi connectivity index (χ3n) is 4.38. The SMILES string of the molecule is CCCCN(CC(O)C1CCCC1)C(C)CC. The molecule has 1 rings (SSSR count). The second-order valence-corrected chi connectivity index (χ2v) is 5.72. The van der Waals surface area contributed by atoms with Crippen molar-refractivity contribution in [1.29, 1.82) is 0 Å². The molecular formula is C15H31NO. The third kappa shape index (κ3) is 4.97. The topological polar surface area (TPSA) is 23.5 Å². The highest BCUT2D eigenvalue weighted by Crippen LogP contribution is 2.28. The van der Waals surface area contributed by atoms with Crippen LogP contribution in [0.15, 0.2) is 0 Å². The van der Waals surface area contributed by atoms with Gasteiger partial charge in [0.15, 0.2) is 0 Å². The van der Waals surface area contributed by atoms with Crippen molar-refractivity contribution >= 4 is 0 Å². The van der Waals surface area contributed by atoms with Crippen molar-refractivity contribution in [2.24, 2.45) is 5.92 Å². The molecule has 1 saturated carbocycles. The summed E-state index contributed by atoms with van der Waals surface area (Å²) < 4.78 is 0. The van der Waals surface area contributed by atoms with E-state index in [9.17, 15) is 5.11 Å². The molecule has 0 bridgehead atoms. The second-order valence-electron chi connectivity index (χ2n) is 5.72. The van der Waals surface area contributed by atoms with E-state index >= 15 is 0 Å². The zero-order valence-electron chi connectivity index (χ0n) is 12.0. The van der Waals surface area contributed by atoms with Gasteiger partial charge in [-0.1, -0.05) is 33.1 Å². The lowest BCUT2D eigenvalue weighted by Gasteiger charge is -2.32. The van der Waals surface area contributed by atoms with Crippen molar-refractivity contribution in [1.82, 2.24) is 4.90 Å². The number of aliphatic hydroxyl groups excluding tert-OH is 1. The molecule has 1 aliphatic rings. The van der Waals surface area contributed by atoms with Crippen LogP contribution in [0.25, 0.3) is 0 Å². The van der Waals surface area contributed by atoms with Crippen molar-refractivity contribution < 1.29 is 5.11 Å². The Kier molecular flexibility index (Phi) is 7.14. The first kappa shape index (κ1) is 15.0. The van der Waals surface area contributed by atoms with Crippen molar-refractivity contribution in [2.75, 3.05) is 13.1 Å². The van der Waals surface area contributed by atoms with Crippen molar-refractivity contribution in [3.8, 4) is 0 Å². The molecule has 0 aromatic rings. The number of hydrogen-bond donors (Lipinski definition) is 1. The van der Waals surface area contributed by atoms with Crippen LogP contribution in [0.5, 0.6) is 0 Å². The Morgan fingerprint density at radius 3 is 2.41 bits per heavy atom. The highest BCUT2D eigenvalue weighted by atomic mass is 16.3. The van der Waals surface area contributed by atoms with E-state index in [1.807, 2.05) is 0 Å². The molecule has 0 radical (unpaired) electrons. The van der Waals surface area contributed by atoms with Gasteiger partial charge in [0.2, 0.25) is 0 Å². The minimum absolute atomic E-state index is 0.0941. The van der Waals surface area contributed by atoms with Crippen LogP contribution in [0.1, 0.15) is 65.7 Å². The standard InChI is InChI=1S/C15H31NO/c1-4-6-11-16(13(3)5-2)12-15(17)14-9-7-8-10-14/h13-15,17H,4-12H2,1-3H3. The number of rotatable bonds is 8. The summed E-state index contributed by atoms with van der Waals surface area (Å²) >= 11 is 0. The number of hydrogen-bond acceptors (Lipinski definition) is 2. The Morgan fingerprint density at radius 2 is 1.88 bits per heavy atom. The molecule has 0 aromatic carbocycles. The molecule has 0 aliphatic heterocycles. The summed E-state index contributed by atoms with van der Waals surface area (Å²) in [6.45, 7) is 8.81. The summed E-state index contributed by atoms with van der Waals surface area (Å²) in [5.41, 5.74) is 0. The van der Waals surface area contributed by atoms with Crippen LogP contribution in [0.3, 0.4) is 0 Å². The maximum absolute atomic E-state index is 10.3. The lowest BCUT2D eigenvalue weighted by Crippen LogP contribution is -2.41. The Hall–Kier alpha value is -0.0800. The summed E-state index contributed by atoms with van der Waals surface area (Å²) in [5, 5.41) is 10.3. The van der Waals surface area contributed by atoms with E-state index in [0.29, 0.717) is 12.0 Å². The lowest BCUT2D eigenvalue weighted by molar-refractivity contribution is 0.0497. The molecule has 2 nitrogen and oxygen atoms in total. The summed E-state index contributed by atoms with van der Waals surface area (Å²) in [7, 11) is 0. The molecule has 2 heteroatoms. The first-order valence-electron chi connectivity index (χ1n) is 7.61. The van der Waals surface area contributed by atoms with Gasteiger partial charge in [0.05, 0.1) is 6.10 Å². The van der Waals surface area contributed by atoms with Gasteiger partial charge in [-0.05, 0) is 45.1 Å². The number of nitrogens with zero attached hydrogens (tertiary/aromatic N) is 1. The van der Waals surface area contributed by atoms with Crippen LogP contribution in [0.4, 0.5) is 0 Å². The Morgan fingerprint density at radius 1 is 1.24 bits per heavy atom. The van der Waals surface area contributed by atoms with E-state index in [0.717, 1.165) is 13.1 Å². The van der Waals surface area contributed by atoms with Crippen LogP contribution in [0, 0.1) is 5.92 Å². The van der Waals surface area contributed by atoms with E-state index in [-0.39, 0.29) is 6.10 Å². The fourth-order valence-corrected chi connectivity index (χ4v) is 2.84. The van der Waals surface area contributed by atoms with Gasteiger partial charge in [-0.3, -0.25) is 4.90 Å². The molecule has 0 saturated heterocycles. The van der Waals surface area contributed by atoms with Crippen LogP contribution < -0.4 is 0 Å². The Bertz CT molecular complexity index is 189. The molecule has 1 fully saturated rings. The zero-order chi connectivity index (χ0) is 12.7. The van der Waals surface area contributed by atoms with Crippen molar-refractivity contribution in [3.63, 3.8) is 0 Å². The average molecular weight is 241 g/mol. The van der Waals surface area contributed by atoms with Gasteiger partial charge < -0.3 is 5.11 Å². The van der Waals surface area contributed by atoms with E-state index in [1.54, 1.807) is 0 Å². The van der Waals surface area contributed by atoms with Gasteiger partial charge in [-0.2, -0.15) is 0 Å². The number of unbranched alkanes of at least 4 members (excludes halogenated alkanes) is 1. The predicted molar refractivity (Wildman–Crippen MR) is 74.2 cm³/mol. The van der Waals surface area contributed by atoms with Gasteiger partial charge in [0.1, 0.15) is 0 Å². The molecule has 0 amide bonds. The third-order valence-corrected chi connectivity index (χ3v) is 4.38. The lowest BCUT2D eigenvalue weighted by atomic mass is 9.99. The first-order valence-corrected chi connectivity index (χ1v) is 7.61. The van der Waals surface area contributed by atoms with Crippen molar-refractivity contribution in [2.45, 2.75) is 77.9 Å². The molecule has 1 N–H and O–H groups in total. The highest BCUT2D eigenvalue weighted by molar-refractivity contribution is 4.79. The van der Waals surface area contributed by atoms with Crippen LogP contribution >= 0.6 is 0 Å². The second kappa shape index (κ2) is 8.10. The van der Waals surface area contributed by atoms with Gasteiger partial charge >= 0.3 is 0 Å². The average Bonchev–Trinajstić information content (AvgIpc) is 2.87. The smallest absolute Gasteiger partial charge is 0.0695 e. The molecule has 17 heavy (non-hydrogen) atoms. The Balaban J connectivity index is 2.39. The molecule has 2 atom stereocenters. The van der Waals surface area contributed by atoms with Crippen LogP contribution in [-0.2, 0) is 0 Å². The van der Waals surface area contributed by atoms with Gasteiger partial charge in [-0.15, -0.1) is 0 Å². The Labute approximate surface area is 107 Å². The molecule has 2 unspecified atom stereocenters. The minimum Gasteiger partial charge on any atom is -0.392 e. The fourth-order valence-electron chi connectivity index (χ4n) is 2.84. The predicted octanol–water partition coefficient (Wildman–Crippen LogP) is 3.44. The maximum atomic E-state index is 10.3. The largest absolute Gasteiger partial charge is 0.392 e. The van der Waals surface area contributed by atoms with E-state index in [1.165, 1.54) is 44.9 Å². The monoisotopic (exact) mass is 241 g/mol. The van der Waals surface area contributed by atoms with E-state index in [4.69, 9.17) is 0 Å². The maximum Gasteiger partial charge on any atom is 0.0695 e. The van der Waals surface area contributed by atoms with Gasteiger partial charge in [0.25, 0.3) is 0 Å². The molecule has 1 aliphatic carbocycles. The molecular weight excluding hydrogens is 210 g/mol. The summed E-state index contributed by atoms with van der Waals surface area (Å²) in [6, 6.07) is 0.609. The molecule has 0 aromatic heterocycles. The van der Waals surface area contributed by atoms with Crippen molar-refractivity contribution in [3.05, 3.63) is 0 Å². The fraction of sp³-hybridized carbons (Fsp3) is 1.00. The molecule has 102 valence electrons. The van der Waals surface area contributed by atoms with Gasteiger partial charge in [0, 0.05) is 12.6 Å². The van der Waals surface area contributed by atoms with E-state index in [2.05, 4.69) is 25.7 Å². The van der Waals surface area contributed by atoms with E-state index < -0.39 is 0 Å². The summed E-state index contributed by atoms with van der Waals surface area (Å²) in [6.07, 6.45) is 8.70. The first-order chi connectivity index (χ1) is 8.19. The highest BCUT2D eigenvalue weighted by Gasteiger charge is 2.25. The quantitative estimate of drug-likeness (QED) is 0.703.